The van der Waals surface area contributed by atoms with E-state index in [4.69, 9.17) is 5.10 Å². The van der Waals surface area contributed by atoms with E-state index in [2.05, 4.69) is 37.9 Å². The summed E-state index contributed by atoms with van der Waals surface area (Å²) in [7, 11) is 0. The summed E-state index contributed by atoms with van der Waals surface area (Å²) in [6.07, 6.45) is 9.71. The van der Waals surface area contributed by atoms with E-state index in [0.29, 0.717) is 6.54 Å². The Morgan fingerprint density at radius 1 is 1.32 bits per heavy atom. The first-order chi connectivity index (χ1) is 13.7. The van der Waals surface area contributed by atoms with E-state index in [1.165, 1.54) is 30.7 Å². The molecule has 0 saturated heterocycles. The molecule has 0 bridgehead atoms. The van der Waals surface area contributed by atoms with Gasteiger partial charge in [0.15, 0.2) is 0 Å². The molecule has 152 valence electrons. The van der Waals surface area contributed by atoms with Crippen LogP contribution in [0, 0.1) is 5.92 Å². The van der Waals surface area contributed by atoms with Crippen molar-refractivity contribution >= 4 is 5.91 Å². The highest BCUT2D eigenvalue weighted by Crippen LogP contribution is 2.26. The van der Waals surface area contributed by atoms with Crippen LogP contribution in [0.5, 0.6) is 0 Å². The number of aromatic amines is 1. The molecule has 28 heavy (non-hydrogen) atoms. The van der Waals surface area contributed by atoms with Gasteiger partial charge in [-0.05, 0) is 31.7 Å². The molecule has 4 rings (SSSR count). The summed E-state index contributed by atoms with van der Waals surface area (Å²) in [5.41, 5.74) is 3.39. The van der Waals surface area contributed by atoms with E-state index in [1.807, 2.05) is 6.20 Å². The molecule has 0 radical (unpaired) electrons. The molecular weight excluding hydrogens is 352 g/mol. The molecule has 1 amide bonds. The molecule has 0 spiro atoms. The highest BCUT2D eigenvalue weighted by molar-refractivity contribution is 5.79. The molecule has 0 atom stereocenters. The number of aromatic nitrogens is 4. The van der Waals surface area contributed by atoms with Crippen molar-refractivity contribution in [2.24, 2.45) is 5.92 Å². The Balaban J connectivity index is 1.33. The predicted octanol–water partition coefficient (Wildman–Crippen LogP) is 2.77. The van der Waals surface area contributed by atoms with Crippen LogP contribution in [0.15, 0.2) is 12.3 Å². The van der Waals surface area contributed by atoms with Crippen molar-refractivity contribution in [2.75, 3.05) is 6.54 Å². The number of H-pyrrole nitrogens is 1. The number of unbranched alkanes of at least 4 members (excludes halogenated alkanes) is 1. The Morgan fingerprint density at radius 3 is 3.00 bits per heavy atom. The molecule has 1 aliphatic heterocycles. The van der Waals surface area contributed by atoms with Gasteiger partial charge in [0.25, 0.3) is 0 Å². The van der Waals surface area contributed by atoms with Gasteiger partial charge in [-0.15, -0.1) is 0 Å². The lowest BCUT2D eigenvalue weighted by Crippen LogP contribution is -2.34. The SMILES string of the molecule is CCCCc1ncc(CN2CCCn3nc(CNC(=O)C4CCC4)cc3C2)[nH]1. The quantitative estimate of drug-likeness (QED) is 0.733. The van der Waals surface area contributed by atoms with Gasteiger partial charge in [-0.1, -0.05) is 19.8 Å². The molecule has 1 fully saturated rings. The second-order valence-corrected chi connectivity index (χ2v) is 8.22. The molecular formula is C21H32N6O. The minimum absolute atomic E-state index is 0.189. The maximum atomic E-state index is 12.1. The van der Waals surface area contributed by atoms with Crippen LogP contribution in [0.1, 0.15) is 68.4 Å². The lowest BCUT2D eigenvalue weighted by Gasteiger charge is -2.23. The Bertz CT molecular complexity index is 791. The van der Waals surface area contributed by atoms with Gasteiger partial charge in [0, 0.05) is 50.4 Å². The second kappa shape index (κ2) is 8.90. The molecule has 2 aliphatic rings. The van der Waals surface area contributed by atoms with Crippen molar-refractivity contribution in [2.45, 2.75) is 78.0 Å². The van der Waals surface area contributed by atoms with Crippen LogP contribution < -0.4 is 5.32 Å². The van der Waals surface area contributed by atoms with E-state index in [-0.39, 0.29) is 11.8 Å². The fourth-order valence-corrected chi connectivity index (χ4v) is 4.00. The summed E-state index contributed by atoms with van der Waals surface area (Å²) < 4.78 is 2.12. The lowest BCUT2D eigenvalue weighted by molar-refractivity contribution is -0.127. The zero-order valence-electron chi connectivity index (χ0n) is 16.9. The van der Waals surface area contributed by atoms with Crippen LogP contribution in [0.3, 0.4) is 0 Å². The minimum atomic E-state index is 0.189. The number of imidazole rings is 1. The standard InChI is InChI=1S/C21H32N6O/c1-2-3-8-20-22-13-18(24-20)14-26-9-5-10-27-19(15-26)11-17(25-27)12-23-21(28)16-6-4-7-16/h11,13,16H,2-10,12,14-15H2,1H3,(H,22,24)(H,23,28). The molecule has 3 heterocycles. The number of fused-ring (bicyclic) bond motifs is 1. The average molecular weight is 385 g/mol. The topological polar surface area (TPSA) is 78.8 Å². The molecule has 2 N–H and O–H groups in total. The normalized spacial score (nSPS) is 17.8. The summed E-state index contributed by atoms with van der Waals surface area (Å²) in [6, 6.07) is 2.15. The third kappa shape index (κ3) is 4.63. The maximum absolute atomic E-state index is 12.1. The van der Waals surface area contributed by atoms with Crippen LogP contribution in [0.2, 0.25) is 0 Å². The average Bonchev–Trinajstić information content (AvgIpc) is 3.19. The highest BCUT2D eigenvalue weighted by Gasteiger charge is 2.25. The van der Waals surface area contributed by atoms with Crippen molar-refractivity contribution in [1.29, 1.82) is 0 Å². The van der Waals surface area contributed by atoms with Crippen LogP contribution in [-0.2, 0) is 37.4 Å². The lowest BCUT2D eigenvalue weighted by atomic mass is 9.85. The fourth-order valence-electron chi connectivity index (χ4n) is 4.00. The van der Waals surface area contributed by atoms with Gasteiger partial charge in [-0.2, -0.15) is 5.10 Å². The Labute approximate surface area is 166 Å². The molecule has 1 saturated carbocycles. The van der Waals surface area contributed by atoms with E-state index in [1.54, 1.807) is 0 Å². The summed E-state index contributed by atoms with van der Waals surface area (Å²) in [4.78, 5) is 22.5. The molecule has 2 aromatic heterocycles. The van der Waals surface area contributed by atoms with Crippen LogP contribution in [0.25, 0.3) is 0 Å². The number of aryl methyl sites for hydroxylation is 2. The number of nitrogens with one attached hydrogen (secondary N) is 2. The van der Waals surface area contributed by atoms with E-state index in [9.17, 15) is 4.79 Å². The number of hydrogen-bond donors (Lipinski definition) is 2. The van der Waals surface area contributed by atoms with Gasteiger partial charge in [-0.25, -0.2) is 4.98 Å². The number of amides is 1. The summed E-state index contributed by atoms with van der Waals surface area (Å²) in [5.74, 6) is 1.52. The van der Waals surface area contributed by atoms with Crippen LogP contribution in [0.4, 0.5) is 0 Å². The number of carbonyl (C=O) groups excluding carboxylic acids is 1. The number of rotatable bonds is 8. The Morgan fingerprint density at radius 2 is 2.21 bits per heavy atom. The molecule has 7 nitrogen and oxygen atoms in total. The third-order valence-electron chi connectivity index (χ3n) is 5.91. The van der Waals surface area contributed by atoms with Crippen LogP contribution in [-0.4, -0.2) is 37.1 Å². The van der Waals surface area contributed by atoms with E-state index < -0.39 is 0 Å². The first-order valence-electron chi connectivity index (χ1n) is 10.8. The van der Waals surface area contributed by atoms with Crippen LogP contribution >= 0.6 is 0 Å². The number of hydrogen-bond acceptors (Lipinski definition) is 4. The zero-order chi connectivity index (χ0) is 19.3. The smallest absolute Gasteiger partial charge is 0.223 e. The summed E-state index contributed by atoms with van der Waals surface area (Å²) >= 11 is 0. The first-order valence-corrected chi connectivity index (χ1v) is 10.8. The molecule has 0 unspecified atom stereocenters. The van der Waals surface area contributed by atoms with Crippen molar-refractivity contribution in [3.8, 4) is 0 Å². The molecule has 0 aromatic carbocycles. The second-order valence-electron chi connectivity index (χ2n) is 8.22. The summed E-state index contributed by atoms with van der Waals surface area (Å²) in [6.45, 7) is 6.51. The van der Waals surface area contributed by atoms with E-state index in [0.717, 1.165) is 63.4 Å². The predicted molar refractivity (Wildman–Crippen MR) is 107 cm³/mol. The van der Waals surface area contributed by atoms with Gasteiger partial charge in [0.2, 0.25) is 5.91 Å². The van der Waals surface area contributed by atoms with Gasteiger partial charge in [-0.3, -0.25) is 14.4 Å². The number of nitrogens with zero attached hydrogens (tertiary/aromatic N) is 4. The Kier molecular flexibility index (Phi) is 6.10. The fraction of sp³-hybridized carbons (Fsp3) is 0.667. The highest BCUT2D eigenvalue weighted by atomic mass is 16.1. The van der Waals surface area contributed by atoms with Crippen molar-refractivity contribution < 1.29 is 4.79 Å². The summed E-state index contributed by atoms with van der Waals surface area (Å²) in [5, 5.41) is 7.77. The van der Waals surface area contributed by atoms with Gasteiger partial charge >= 0.3 is 0 Å². The maximum Gasteiger partial charge on any atom is 0.223 e. The largest absolute Gasteiger partial charge is 0.350 e. The van der Waals surface area contributed by atoms with Crippen molar-refractivity contribution in [1.82, 2.24) is 30.0 Å². The van der Waals surface area contributed by atoms with Gasteiger partial charge in [0.1, 0.15) is 5.82 Å². The monoisotopic (exact) mass is 384 g/mol. The molecule has 1 aliphatic carbocycles. The first kappa shape index (κ1) is 19.2. The number of carbonyl (C=O) groups is 1. The van der Waals surface area contributed by atoms with Gasteiger partial charge in [0.05, 0.1) is 17.9 Å². The zero-order valence-corrected chi connectivity index (χ0v) is 16.9. The third-order valence-corrected chi connectivity index (χ3v) is 5.91. The van der Waals surface area contributed by atoms with Crippen molar-refractivity contribution in [3.63, 3.8) is 0 Å². The minimum Gasteiger partial charge on any atom is -0.350 e. The molecule has 2 aromatic rings. The van der Waals surface area contributed by atoms with Crippen molar-refractivity contribution in [3.05, 3.63) is 35.2 Å². The van der Waals surface area contributed by atoms with E-state index >= 15 is 0 Å². The molecule has 7 heteroatoms. The van der Waals surface area contributed by atoms with Gasteiger partial charge < -0.3 is 10.3 Å². The Hall–Kier alpha value is -2.15.